The normalized spacial score (nSPS) is 12.4. The molecule has 0 saturated carbocycles. The van der Waals surface area contributed by atoms with E-state index in [0.29, 0.717) is 24.7 Å². The summed E-state index contributed by atoms with van der Waals surface area (Å²) in [6.07, 6.45) is 2.66. The van der Waals surface area contributed by atoms with Crippen LogP contribution in [0.4, 0.5) is 0 Å². The van der Waals surface area contributed by atoms with E-state index in [0.717, 1.165) is 24.3 Å². The molecule has 1 rings (SSSR count). The van der Waals surface area contributed by atoms with Crippen molar-refractivity contribution in [1.29, 1.82) is 0 Å². The lowest BCUT2D eigenvalue weighted by molar-refractivity contribution is -0.145. The average molecular weight is 286 g/mol. The van der Waals surface area contributed by atoms with Crippen molar-refractivity contribution in [3.63, 3.8) is 0 Å². The summed E-state index contributed by atoms with van der Waals surface area (Å²) in [4.78, 5) is 16.2. The zero-order valence-electron chi connectivity index (χ0n) is 11.8. The lowest BCUT2D eigenvalue weighted by Gasteiger charge is -2.09. The minimum Gasteiger partial charge on any atom is -0.465 e. The topological polar surface area (TPSA) is 65.2 Å². The monoisotopic (exact) mass is 286 g/mol. The highest BCUT2D eigenvalue weighted by molar-refractivity contribution is 7.98. The summed E-state index contributed by atoms with van der Waals surface area (Å²) in [7, 11) is 0. The van der Waals surface area contributed by atoms with E-state index in [-0.39, 0.29) is 5.97 Å². The minimum atomic E-state index is -0.428. The summed E-state index contributed by atoms with van der Waals surface area (Å²) in [5, 5.41) is 3.92. The lowest BCUT2D eigenvalue weighted by Crippen LogP contribution is -2.16. The van der Waals surface area contributed by atoms with Gasteiger partial charge >= 0.3 is 5.97 Å². The molecule has 1 heterocycles. The van der Waals surface area contributed by atoms with Gasteiger partial charge in [-0.15, -0.1) is 0 Å². The molecule has 0 spiro atoms. The molecule has 108 valence electrons. The van der Waals surface area contributed by atoms with E-state index >= 15 is 0 Å². The molecule has 1 unspecified atom stereocenters. The number of hydrogen-bond donors (Lipinski definition) is 0. The molecular formula is C13H22N2O3S. The Hall–Kier alpha value is -1.04. The number of nitrogens with zero attached hydrogens (tertiary/aromatic N) is 2. The van der Waals surface area contributed by atoms with E-state index in [2.05, 4.69) is 17.1 Å². The van der Waals surface area contributed by atoms with Crippen LogP contribution in [0.25, 0.3) is 0 Å². The Balaban J connectivity index is 2.66. The molecule has 5 nitrogen and oxygen atoms in total. The number of esters is 1. The molecule has 0 aliphatic rings. The largest absolute Gasteiger partial charge is 0.465 e. The fourth-order valence-electron chi connectivity index (χ4n) is 1.65. The molecule has 6 heteroatoms. The van der Waals surface area contributed by atoms with Gasteiger partial charge in [-0.2, -0.15) is 16.7 Å². The Morgan fingerprint density at radius 2 is 2.16 bits per heavy atom. The van der Waals surface area contributed by atoms with E-state index in [1.165, 1.54) is 0 Å². The minimum absolute atomic E-state index is 0.277. The van der Waals surface area contributed by atoms with Crippen LogP contribution in [0.5, 0.6) is 0 Å². The SMILES string of the molecule is CCCSCc1noc(C(CCC)C(=O)OCC)n1. The molecule has 1 atom stereocenters. The highest BCUT2D eigenvalue weighted by atomic mass is 32.2. The first-order valence-corrected chi connectivity index (χ1v) is 7.95. The lowest BCUT2D eigenvalue weighted by atomic mass is 10.0. The van der Waals surface area contributed by atoms with Gasteiger partial charge in [0.1, 0.15) is 5.92 Å². The second-order valence-corrected chi connectivity index (χ2v) is 5.30. The summed E-state index contributed by atoms with van der Waals surface area (Å²) < 4.78 is 10.2. The summed E-state index contributed by atoms with van der Waals surface area (Å²) in [5.41, 5.74) is 0. The second-order valence-electron chi connectivity index (χ2n) is 4.19. The van der Waals surface area contributed by atoms with Crippen LogP contribution < -0.4 is 0 Å². The van der Waals surface area contributed by atoms with Gasteiger partial charge in [-0.25, -0.2) is 0 Å². The van der Waals surface area contributed by atoms with Crippen molar-refractivity contribution in [2.75, 3.05) is 12.4 Å². The first-order valence-electron chi connectivity index (χ1n) is 6.79. The number of ether oxygens (including phenoxy) is 1. The van der Waals surface area contributed by atoms with Crippen LogP contribution in [-0.4, -0.2) is 28.5 Å². The average Bonchev–Trinajstić information content (AvgIpc) is 2.85. The third-order valence-corrected chi connectivity index (χ3v) is 3.67. The van der Waals surface area contributed by atoms with Crippen molar-refractivity contribution in [3.05, 3.63) is 11.7 Å². The van der Waals surface area contributed by atoms with Crippen molar-refractivity contribution in [1.82, 2.24) is 10.1 Å². The van der Waals surface area contributed by atoms with E-state index < -0.39 is 5.92 Å². The van der Waals surface area contributed by atoms with Crippen LogP contribution >= 0.6 is 11.8 Å². The van der Waals surface area contributed by atoms with Gasteiger partial charge in [0.25, 0.3) is 0 Å². The molecule has 0 amide bonds. The van der Waals surface area contributed by atoms with Crippen molar-refractivity contribution >= 4 is 17.7 Å². The number of carbonyl (C=O) groups excluding carboxylic acids is 1. The van der Waals surface area contributed by atoms with Gasteiger partial charge in [-0.3, -0.25) is 4.79 Å². The third-order valence-electron chi connectivity index (χ3n) is 2.51. The maximum atomic E-state index is 11.8. The third kappa shape index (κ3) is 5.22. The van der Waals surface area contributed by atoms with E-state index in [9.17, 15) is 4.79 Å². The molecule has 1 aromatic heterocycles. The van der Waals surface area contributed by atoms with Gasteiger partial charge in [-0.1, -0.05) is 25.4 Å². The Morgan fingerprint density at radius 1 is 1.37 bits per heavy atom. The van der Waals surface area contributed by atoms with Gasteiger partial charge < -0.3 is 9.26 Å². The van der Waals surface area contributed by atoms with E-state index in [1.807, 2.05) is 6.92 Å². The quantitative estimate of drug-likeness (QED) is 0.513. The molecular weight excluding hydrogens is 264 g/mol. The first-order chi connectivity index (χ1) is 9.22. The molecule has 19 heavy (non-hydrogen) atoms. The Kier molecular flexibility index (Phi) is 7.55. The number of rotatable bonds is 9. The summed E-state index contributed by atoms with van der Waals surface area (Å²) >= 11 is 1.76. The van der Waals surface area contributed by atoms with Crippen LogP contribution in [0.1, 0.15) is 57.7 Å². The molecule has 0 aliphatic heterocycles. The Bertz CT molecular complexity index is 382. The maximum Gasteiger partial charge on any atom is 0.318 e. The van der Waals surface area contributed by atoms with Gasteiger partial charge in [0.05, 0.1) is 12.4 Å². The molecule has 0 fully saturated rings. The van der Waals surface area contributed by atoms with Crippen LogP contribution in [-0.2, 0) is 15.3 Å². The van der Waals surface area contributed by atoms with Gasteiger partial charge in [0.2, 0.25) is 5.89 Å². The van der Waals surface area contributed by atoms with Gasteiger partial charge in [-0.05, 0) is 25.5 Å². The zero-order valence-corrected chi connectivity index (χ0v) is 12.7. The first kappa shape index (κ1) is 16.0. The number of carbonyl (C=O) groups is 1. The molecule has 0 radical (unpaired) electrons. The standard InChI is InChI=1S/C13H22N2O3S/c1-4-7-10(13(16)17-6-3)12-14-11(15-18-12)9-19-8-5-2/h10H,4-9H2,1-3H3. The van der Waals surface area contributed by atoms with Crippen molar-refractivity contribution < 1.29 is 14.1 Å². The maximum absolute atomic E-state index is 11.8. The molecule has 0 aliphatic carbocycles. The van der Waals surface area contributed by atoms with Crippen molar-refractivity contribution in [3.8, 4) is 0 Å². The Labute approximate surface area is 118 Å². The number of hydrogen-bond acceptors (Lipinski definition) is 6. The fraction of sp³-hybridized carbons (Fsp3) is 0.769. The molecule has 0 aromatic carbocycles. The highest BCUT2D eigenvalue weighted by Crippen LogP contribution is 2.22. The van der Waals surface area contributed by atoms with Crippen LogP contribution in [0.2, 0.25) is 0 Å². The second kappa shape index (κ2) is 8.96. The predicted octanol–water partition coefficient (Wildman–Crippen LogP) is 3.16. The van der Waals surface area contributed by atoms with Crippen molar-refractivity contribution in [2.24, 2.45) is 0 Å². The van der Waals surface area contributed by atoms with Crippen molar-refractivity contribution in [2.45, 2.75) is 51.7 Å². The van der Waals surface area contributed by atoms with Gasteiger partial charge in [0.15, 0.2) is 5.82 Å². The van der Waals surface area contributed by atoms with Crippen LogP contribution in [0, 0.1) is 0 Å². The highest BCUT2D eigenvalue weighted by Gasteiger charge is 2.27. The summed E-state index contributed by atoms with van der Waals surface area (Å²) in [6.45, 7) is 6.31. The zero-order chi connectivity index (χ0) is 14.1. The number of thioether (sulfide) groups is 1. The van der Waals surface area contributed by atoms with Crippen LogP contribution in [0.15, 0.2) is 4.52 Å². The number of aromatic nitrogens is 2. The van der Waals surface area contributed by atoms with E-state index in [4.69, 9.17) is 9.26 Å². The summed E-state index contributed by atoms with van der Waals surface area (Å²) in [5.74, 6) is 2.12. The predicted molar refractivity (Wildman–Crippen MR) is 75.0 cm³/mol. The van der Waals surface area contributed by atoms with Crippen LogP contribution in [0.3, 0.4) is 0 Å². The molecule has 1 aromatic rings. The van der Waals surface area contributed by atoms with E-state index in [1.54, 1.807) is 18.7 Å². The summed E-state index contributed by atoms with van der Waals surface area (Å²) in [6, 6.07) is 0. The van der Waals surface area contributed by atoms with Gasteiger partial charge in [0, 0.05) is 0 Å². The Morgan fingerprint density at radius 3 is 2.79 bits per heavy atom. The molecule has 0 N–H and O–H groups in total. The smallest absolute Gasteiger partial charge is 0.318 e. The molecule has 0 saturated heterocycles. The fourth-order valence-corrected chi connectivity index (χ4v) is 2.38. The molecule has 0 bridgehead atoms.